The number of rotatable bonds is 3. The largest absolute Gasteiger partial charge is 0.465 e. The van der Waals surface area contributed by atoms with Crippen LogP contribution >= 0.6 is 0 Å². The average molecular weight is 352 g/mol. The topological polar surface area (TPSA) is 93.1 Å². The number of ether oxygens (including phenoxy) is 2. The molecule has 0 aliphatic heterocycles. The van der Waals surface area contributed by atoms with Crippen LogP contribution in [0, 0.1) is 22.7 Å². The van der Waals surface area contributed by atoms with E-state index in [9.17, 15) is 19.8 Å². The summed E-state index contributed by atoms with van der Waals surface area (Å²) >= 11 is 0. The van der Waals surface area contributed by atoms with Crippen LogP contribution in [0.25, 0.3) is 0 Å². The van der Waals surface area contributed by atoms with Crippen molar-refractivity contribution in [1.29, 1.82) is 0 Å². The van der Waals surface area contributed by atoms with E-state index in [4.69, 9.17) is 9.47 Å². The molecule has 140 valence electrons. The van der Waals surface area contributed by atoms with Gasteiger partial charge in [-0.15, -0.1) is 0 Å². The Morgan fingerprint density at radius 3 is 2.44 bits per heavy atom. The summed E-state index contributed by atoms with van der Waals surface area (Å²) in [6.07, 6.45) is 0.496. The first-order chi connectivity index (χ1) is 11.4. The van der Waals surface area contributed by atoms with Gasteiger partial charge in [0.25, 0.3) is 0 Å². The number of hydrogen-bond donors (Lipinski definition) is 2. The van der Waals surface area contributed by atoms with Crippen molar-refractivity contribution in [2.75, 3.05) is 6.61 Å². The number of hydrogen-bond acceptors (Lipinski definition) is 6. The standard InChI is InChI=1S/C19H28O6/c1-10-14(22)6-13-7-18(5)15(25-12(3)21)8-17(4,9-24-11(2)20)16(18)19(10,13)23/h13-16,22-23H,1,6-9H2,2-5H3/t13-,14-,15+,16-,17-,18+,19+/m0/s1. The van der Waals surface area contributed by atoms with Crippen LogP contribution in [0.2, 0.25) is 0 Å². The van der Waals surface area contributed by atoms with Gasteiger partial charge in [0, 0.05) is 30.6 Å². The number of esters is 2. The van der Waals surface area contributed by atoms with Gasteiger partial charge >= 0.3 is 11.9 Å². The summed E-state index contributed by atoms with van der Waals surface area (Å²) in [6.45, 7) is 10.8. The molecule has 0 aromatic carbocycles. The van der Waals surface area contributed by atoms with E-state index < -0.39 is 22.5 Å². The summed E-state index contributed by atoms with van der Waals surface area (Å²) in [5, 5.41) is 21.9. The van der Waals surface area contributed by atoms with E-state index >= 15 is 0 Å². The first-order valence-corrected chi connectivity index (χ1v) is 8.85. The van der Waals surface area contributed by atoms with Crippen LogP contribution in [0.15, 0.2) is 12.2 Å². The summed E-state index contributed by atoms with van der Waals surface area (Å²) in [5.74, 6) is -1.19. The van der Waals surface area contributed by atoms with Crippen molar-refractivity contribution in [2.45, 2.75) is 64.8 Å². The Hall–Kier alpha value is -1.40. The smallest absolute Gasteiger partial charge is 0.302 e. The lowest BCUT2D eigenvalue weighted by atomic mass is 9.65. The predicted octanol–water partition coefficient (Wildman–Crippen LogP) is 1.59. The van der Waals surface area contributed by atoms with E-state index in [0.29, 0.717) is 24.8 Å². The van der Waals surface area contributed by atoms with Crippen molar-refractivity contribution >= 4 is 11.9 Å². The Kier molecular flexibility index (Phi) is 4.08. The second kappa shape index (κ2) is 5.55. The number of carbonyl (C=O) groups is 2. The molecule has 25 heavy (non-hydrogen) atoms. The van der Waals surface area contributed by atoms with Gasteiger partial charge in [0.1, 0.15) is 6.10 Å². The third-order valence-electron chi connectivity index (χ3n) is 6.83. The minimum Gasteiger partial charge on any atom is -0.465 e. The van der Waals surface area contributed by atoms with E-state index in [1.807, 2.05) is 13.8 Å². The molecule has 0 heterocycles. The molecule has 6 heteroatoms. The molecule has 0 bridgehead atoms. The highest BCUT2D eigenvalue weighted by molar-refractivity contribution is 5.66. The molecule has 0 unspecified atom stereocenters. The number of aliphatic hydroxyl groups is 2. The Bertz CT molecular complexity index is 629. The highest BCUT2D eigenvalue weighted by atomic mass is 16.5. The molecule has 0 amide bonds. The fraction of sp³-hybridized carbons (Fsp3) is 0.789. The molecule has 7 atom stereocenters. The molecule has 0 aromatic rings. The van der Waals surface area contributed by atoms with Crippen molar-refractivity contribution in [1.82, 2.24) is 0 Å². The van der Waals surface area contributed by atoms with Gasteiger partial charge in [-0.2, -0.15) is 0 Å². The van der Waals surface area contributed by atoms with E-state index in [-0.39, 0.29) is 36.5 Å². The predicted molar refractivity (Wildman–Crippen MR) is 89.3 cm³/mol. The molecule has 3 rings (SSSR count). The highest BCUT2D eigenvalue weighted by Crippen LogP contribution is 2.72. The molecule has 3 aliphatic rings. The Balaban J connectivity index is 2.04. The lowest BCUT2D eigenvalue weighted by Crippen LogP contribution is -2.49. The number of carbonyl (C=O) groups excluding carboxylic acids is 2. The van der Waals surface area contributed by atoms with Crippen LogP contribution in [0.3, 0.4) is 0 Å². The third kappa shape index (κ3) is 2.45. The SMILES string of the molecule is C=C1[C@@H](O)C[C@H]2C[C@]3(C)[C@H](OC(C)=O)C[C@@](C)(COC(C)=O)[C@@H]3[C@@]12O. The third-order valence-corrected chi connectivity index (χ3v) is 6.83. The zero-order valence-electron chi connectivity index (χ0n) is 15.4. The van der Waals surface area contributed by atoms with Gasteiger partial charge in [-0.05, 0) is 30.8 Å². The zero-order valence-corrected chi connectivity index (χ0v) is 15.4. The molecular weight excluding hydrogens is 324 g/mol. The van der Waals surface area contributed by atoms with Gasteiger partial charge in [-0.25, -0.2) is 0 Å². The van der Waals surface area contributed by atoms with Crippen LogP contribution in [0.4, 0.5) is 0 Å². The lowest BCUT2D eigenvalue weighted by Gasteiger charge is -2.43. The highest BCUT2D eigenvalue weighted by Gasteiger charge is 2.75. The molecule has 3 aliphatic carbocycles. The van der Waals surface area contributed by atoms with Crippen LogP contribution in [-0.4, -0.2) is 46.6 Å². The second-order valence-corrected chi connectivity index (χ2v) is 8.68. The number of aliphatic hydroxyl groups excluding tert-OH is 1. The molecule has 2 N–H and O–H groups in total. The first-order valence-electron chi connectivity index (χ1n) is 8.85. The van der Waals surface area contributed by atoms with Gasteiger partial charge < -0.3 is 19.7 Å². The summed E-state index contributed by atoms with van der Waals surface area (Å²) in [6, 6.07) is 0. The minimum atomic E-state index is -1.24. The Morgan fingerprint density at radius 1 is 1.24 bits per heavy atom. The Labute approximate surface area is 148 Å². The van der Waals surface area contributed by atoms with Gasteiger partial charge in [-0.3, -0.25) is 9.59 Å². The second-order valence-electron chi connectivity index (χ2n) is 8.68. The van der Waals surface area contributed by atoms with Crippen LogP contribution in [0.5, 0.6) is 0 Å². The van der Waals surface area contributed by atoms with E-state index in [0.717, 1.165) is 0 Å². The fourth-order valence-electron chi connectivity index (χ4n) is 6.14. The summed E-state index contributed by atoms with van der Waals surface area (Å²) in [4.78, 5) is 23.0. The van der Waals surface area contributed by atoms with Crippen LogP contribution in [0.1, 0.15) is 47.0 Å². The molecule has 3 saturated carbocycles. The number of fused-ring (bicyclic) bond motifs is 3. The van der Waals surface area contributed by atoms with Crippen molar-refractivity contribution < 1.29 is 29.3 Å². The average Bonchev–Trinajstić information content (AvgIpc) is 2.93. The van der Waals surface area contributed by atoms with Crippen LogP contribution < -0.4 is 0 Å². The van der Waals surface area contributed by atoms with Crippen molar-refractivity contribution in [3.63, 3.8) is 0 Å². The van der Waals surface area contributed by atoms with E-state index in [1.54, 1.807) is 0 Å². The summed E-state index contributed by atoms with van der Waals surface area (Å²) in [5.41, 5.74) is -1.83. The summed E-state index contributed by atoms with van der Waals surface area (Å²) in [7, 11) is 0. The van der Waals surface area contributed by atoms with Gasteiger partial charge in [0.2, 0.25) is 0 Å². The molecule has 0 spiro atoms. The fourth-order valence-corrected chi connectivity index (χ4v) is 6.14. The molecule has 6 nitrogen and oxygen atoms in total. The monoisotopic (exact) mass is 352 g/mol. The van der Waals surface area contributed by atoms with Gasteiger partial charge in [0.15, 0.2) is 0 Å². The maximum atomic E-state index is 11.6. The molecule has 3 fully saturated rings. The van der Waals surface area contributed by atoms with Crippen molar-refractivity contribution in [2.24, 2.45) is 22.7 Å². The molecule has 0 radical (unpaired) electrons. The van der Waals surface area contributed by atoms with E-state index in [1.165, 1.54) is 13.8 Å². The van der Waals surface area contributed by atoms with Crippen LogP contribution in [-0.2, 0) is 19.1 Å². The van der Waals surface area contributed by atoms with E-state index in [2.05, 4.69) is 6.58 Å². The minimum absolute atomic E-state index is 0.138. The first kappa shape index (κ1) is 18.4. The molecule has 0 aromatic heterocycles. The molecular formula is C19H28O6. The van der Waals surface area contributed by atoms with Crippen molar-refractivity contribution in [3.8, 4) is 0 Å². The zero-order chi connectivity index (χ0) is 18.8. The van der Waals surface area contributed by atoms with Gasteiger partial charge in [-0.1, -0.05) is 20.4 Å². The Morgan fingerprint density at radius 2 is 1.88 bits per heavy atom. The summed E-state index contributed by atoms with van der Waals surface area (Å²) < 4.78 is 10.9. The quantitative estimate of drug-likeness (QED) is 0.592. The normalized spacial score (nSPS) is 48.2. The van der Waals surface area contributed by atoms with Gasteiger partial charge in [0.05, 0.1) is 18.3 Å². The maximum Gasteiger partial charge on any atom is 0.302 e. The molecule has 0 saturated heterocycles. The lowest BCUT2D eigenvalue weighted by molar-refractivity contribution is -0.152. The van der Waals surface area contributed by atoms with Crippen molar-refractivity contribution in [3.05, 3.63) is 12.2 Å². The maximum absolute atomic E-state index is 11.6.